The van der Waals surface area contributed by atoms with E-state index in [1.54, 1.807) is 18.2 Å². The number of halogens is 1. The number of hydrogen-bond acceptors (Lipinski definition) is 4. The van der Waals surface area contributed by atoms with Gasteiger partial charge in [-0.1, -0.05) is 36.6 Å². The van der Waals surface area contributed by atoms with Gasteiger partial charge in [-0.25, -0.2) is 13.2 Å². The van der Waals surface area contributed by atoms with Crippen molar-refractivity contribution in [2.75, 3.05) is 4.72 Å². The monoisotopic (exact) mass is 497 g/mol. The Labute approximate surface area is 205 Å². The Bertz CT molecular complexity index is 1340. The predicted octanol–water partition coefficient (Wildman–Crippen LogP) is 6.29. The molecule has 0 spiro atoms. The third-order valence-electron chi connectivity index (χ3n) is 6.79. The Balaban J connectivity index is 1.48. The average molecular weight is 498 g/mol. The largest absolute Gasteiger partial charge is 0.427 e. The van der Waals surface area contributed by atoms with Crippen molar-refractivity contribution >= 4 is 27.3 Å². The molecule has 5 nitrogen and oxygen atoms in total. The van der Waals surface area contributed by atoms with Gasteiger partial charge in [0, 0.05) is 28.6 Å². The highest BCUT2D eigenvalue weighted by Gasteiger charge is 2.36. The van der Waals surface area contributed by atoms with Crippen LogP contribution in [0.4, 0.5) is 5.69 Å². The first-order chi connectivity index (χ1) is 16.4. The molecule has 2 aromatic carbocycles. The highest BCUT2D eigenvalue weighted by atomic mass is 35.5. The lowest BCUT2D eigenvalue weighted by atomic mass is 9.86. The summed E-state index contributed by atoms with van der Waals surface area (Å²) in [6.45, 7) is 0. The number of aryl methyl sites for hydroxylation is 2. The van der Waals surface area contributed by atoms with Crippen LogP contribution in [0.1, 0.15) is 66.9 Å². The third-order valence-corrected chi connectivity index (χ3v) is 8.44. The molecule has 1 fully saturated rings. The number of hydrogen-bond donors (Lipinski definition) is 1. The molecule has 0 bridgehead atoms. The molecule has 0 radical (unpaired) electrons. The second-order valence-electron chi connectivity index (χ2n) is 9.35. The number of anilines is 1. The smallest absolute Gasteiger partial charge is 0.339 e. The second-order valence-corrected chi connectivity index (χ2v) is 11.5. The fraction of sp³-hybridized carbons (Fsp3) is 0.370. The van der Waals surface area contributed by atoms with Gasteiger partial charge in [-0.05, 0) is 91.6 Å². The topological polar surface area (TPSA) is 76.4 Å². The summed E-state index contributed by atoms with van der Waals surface area (Å²) in [5, 5.41) is 0.475. The molecule has 1 N–H and O–H groups in total. The lowest BCUT2D eigenvalue weighted by Crippen LogP contribution is -2.19. The van der Waals surface area contributed by atoms with Crippen molar-refractivity contribution in [3.63, 3.8) is 0 Å². The maximum Gasteiger partial charge on any atom is 0.339 e. The van der Waals surface area contributed by atoms with E-state index in [4.69, 9.17) is 16.0 Å². The Morgan fingerprint density at radius 1 is 0.941 bits per heavy atom. The summed E-state index contributed by atoms with van der Waals surface area (Å²) in [6.07, 6.45) is 8.38. The summed E-state index contributed by atoms with van der Waals surface area (Å²) in [7, 11) is -3.76. The summed E-state index contributed by atoms with van der Waals surface area (Å²) in [4.78, 5) is 13.2. The maximum atomic E-state index is 13.1. The zero-order valence-electron chi connectivity index (χ0n) is 18.9. The van der Waals surface area contributed by atoms with Gasteiger partial charge in [-0.2, -0.15) is 0 Å². The van der Waals surface area contributed by atoms with E-state index in [1.807, 2.05) is 18.2 Å². The van der Waals surface area contributed by atoms with Crippen molar-refractivity contribution in [1.82, 2.24) is 0 Å². The molecule has 1 aromatic heterocycles. The van der Waals surface area contributed by atoms with Crippen LogP contribution < -0.4 is 10.3 Å². The molecular formula is C27H28ClNO4S. The fourth-order valence-corrected chi connectivity index (χ4v) is 6.09. The van der Waals surface area contributed by atoms with Crippen LogP contribution in [0, 0.1) is 5.92 Å². The van der Waals surface area contributed by atoms with Gasteiger partial charge in [0.25, 0.3) is 10.0 Å². The first-order valence-electron chi connectivity index (χ1n) is 11.9. The number of nitrogens with one attached hydrogen (secondary N) is 1. The van der Waals surface area contributed by atoms with Crippen LogP contribution >= 0.6 is 11.6 Å². The number of fused-ring (bicyclic) bond motifs is 1. The van der Waals surface area contributed by atoms with E-state index in [2.05, 4.69) is 10.8 Å². The minimum atomic E-state index is -3.76. The van der Waals surface area contributed by atoms with E-state index in [-0.39, 0.29) is 16.4 Å². The quantitative estimate of drug-likeness (QED) is 0.434. The van der Waals surface area contributed by atoms with Crippen molar-refractivity contribution in [2.24, 2.45) is 5.92 Å². The molecule has 1 atom stereocenters. The second kappa shape index (κ2) is 9.59. The third kappa shape index (κ3) is 5.08. The lowest BCUT2D eigenvalue weighted by Gasteiger charge is -2.20. The minimum Gasteiger partial charge on any atom is -0.427 e. The summed E-state index contributed by atoms with van der Waals surface area (Å²) in [5.41, 5.74) is 2.98. The van der Waals surface area contributed by atoms with Crippen LogP contribution in [0.5, 0.6) is 0 Å². The van der Waals surface area contributed by atoms with Gasteiger partial charge in [0.15, 0.2) is 0 Å². The minimum absolute atomic E-state index is 0.105. The SMILES string of the molecule is O=c1oc2c(cc1C(c1cccc(NS(=O)(=O)c3ccc(Cl)cc3)c1)C1CC1)CCCCCC2. The summed E-state index contributed by atoms with van der Waals surface area (Å²) >= 11 is 5.90. The molecule has 3 aromatic rings. The van der Waals surface area contributed by atoms with Crippen molar-refractivity contribution in [3.8, 4) is 0 Å². The van der Waals surface area contributed by atoms with Crippen LogP contribution in [0.15, 0.2) is 68.7 Å². The molecule has 0 amide bonds. The Hall–Kier alpha value is -2.57. The van der Waals surface area contributed by atoms with Crippen LogP contribution in [0.2, 0.25) is 5.02 Å². The van der Waals surface area contributed by atoms with Crippen molar-refractivity contribution in [3.05, 3.63) is 92.5 Å². The van der Waals surface area contributed by atoms with Crippen LogP contribution in [-0.4, -0.2) is 8.42 Å². The van der Waals surface area contributed by atoms with Crippen LogP contribution in [0.3, 0.4) is 0 Å². The van der Waals surface area contributed by atoms with Crippen LogP contribution in [-0.2, 0) is 22.9 Å². The van der Waals surface area contributed by atoms with E-state index in [1.165, 1.54) is 25.0 Å². The lowest BCUT2D eigenvalue weighted by molar-refractivity contribution is 0.420. The van der Waals surface area contributed by atoms with E-state index in [9.17, 15) is 13.2 Å². The van der Waals surface area contributed by atoms with Gasteiger partial charge in [0.1, 0.15) is 5.76 Å². The molecular weight excluding hydrogens is 470 g/mol. The fourth-order valence-electron chi connectivity index (χ4n) is 4.92. The van der Waals surface area contributed by atoms with Gasteiger partial charge in [-0.15, -0.1) is 0 Å². The predicted molar refractivity (Wildman–Crippen MR) is 134 cm³/mol. The molecule has 5 rings (SSSR count). The number of sulfonamides is 1. The molecule has 2 aliphatic carbocycles. The summed E-state index contributed by atoms with van der Waals surface area (Å²) < 4.78 is 34.2. The normalized spacial score (nSPS) is 17.3. The molecule has 0 aliphatic heterocycles. The number of rotatable bonds is 6. The Kier molecular flexibility index (Phi) is 6.54. The average Bonchev–Trinajstić information content (AvgIpc) is 3.62. The van der Waals surface area contributed by atoms with Gasteiger partial charge >= 0.3 is 5.63 Å². The molecule has 0 saturated heterocycles. The van der Waals surface area contributed by atoms with E-state index >= 15 is 0 Å². The van der Waals surface area contributed by atoms with Gasteiger partial charge in [0.2, 0.25) is 0 Å². The summed E-state index contributed by atoms with van der Waals surface area (Å²) in [5.74, 6) is 1.09. The maximum absolute atomic E-state index is 13.1. The first kappa shape index (κ1) is 23.2. The highest BCUT2D eigenvalue weighted by molar-refractivity contribution is 7.92. The van der Waals surface area contributed by atoms with E-state index in [0.29, 0.717) is 22.2 Å². The molecule has 178 valence electrons. The van der Waals surface area contributed by atoms with Gasteiger partial charge in [0.05, 0.1) is 4.90 Å². The van der Waals surface area contributed by atoms with Crippen LogP contribution in [0.25, 0.3) is 0 Å². The molecule has 34 heavy (non-hydrogen) atoms. The van der Waals surface area contributed by atoms with E-state index < -0.39 is 10.0 Å². The Morgan fingerprint density at radius 3 is 2.41 bits per heavy atom. The van der Waals surface area contributed by atoms with E-state index in [0.717, 1.165) is 55.4 Å². The van der Waals surface area contributed by atoms with Gasteiger partial charge < -0.3 is 4.42 Å². The zero-order chi connectivity index (χ0) is 23.7. The molecule has 1 unspecified atom stereocenters. The standard InChI is InChI=1S/C27H28ClNO4S/c28-21-12-14-23(15-13-21)34(31,32)29-22-8-5-7-20(16-22)26(18-10-11-18)24-17-19-6-3-1-2-4-9-25(19)33-27(24)30/h5,7-8,12-18,26,29H,1-4,6,9-11H2. The summed E-state index contributed by atoms with van der Waals surface area (Å²) in [6, 6.07) is 15.5. The molecule has 7 heteroatoms. The molecule has 1 heterocycles. The molecule has 1 saturated carbocycles. The van der Waals surface area contributed by atoms with Crippen molar-refractivity contribution in [2.45, 2.75) is 62.2 Å². The van der Waals surface area contributed by atoms with Crippen molar-refractivity contribution in [1.29, 1.82) is 0 Å². The van der Waals surface area contributed by atoms with Crippen molar-refractivity contribution < 1.29 is 12.8 Å². The highest BCUT2D eigenvalue weighted by Crippen LogP contribution is 2.46. The zero-order valence-corrected chi connectivity index (χ0v) is 20.5. The Morgan fingerprint density at radius 2 is 1.68 bits per heavy atom. The van der Waals surface area contributed by atoms with Gasteiger partial charge in [-0.3, -0.25) is 4.72 Å². The first-order valence-corrected chi connectivity index (χ1v) is 13.8. The molecule has 2 aliphatic rings. The number of benzene rings is 2.